The second-order valence-corrected chi connectivity index (χ2v) is 7.63. The number of cyclic esters (lactones) is 1. The van der Waals surface area contributed by atoms with E-state index in [0.717, 1.165) is 8.86 Å². The van der Waals surface area contributed by atoms with E-state index in [1.807, 2.05) is 0 Å². The van der Waals surface area contributed by atoms with Crippen molar-refractivity contribution in [2.75, 3.05) is 15.5 Å². The van der Waals surface area contributed by atoms with E-state index in [2.05, 4.69) is 22.6 Å². The van der Waals surface area contributed by atoms with Crippen molar-refractivity contribution in [2.24, 2.45) is 0 Å². The summed E-state index contributed by atoms with van der Waals surface area (Å²) in [6.45, 7) is 0.236. The minimum absolute atomic E-state index is 0.00584. The van der Waals surface area contributed by atoms with E-state index in [0.29, 0.717) is 0 Å². The molecule has 0 aliphatic carbocycles. The molecule has 2 saturated heterocycles. The summed E-state index contributed by atoms with van der Waals surface area (Å²) >= 11 is 2.23. The van der Waals surface area contributed by atoms with Gasteiger partial charge in [0.15, 0.2) is 0 Å². The molecule has 2 aliphatic rings. The summed E-state index contributed by atoms with van der Waals surface area (Å²) < 4.78 is 11.7. The molecule has 0 saturated carbocycles. The zero-order valence-electron chi connectivity index (χ0n) is 7.29. The summed E-state index contributed by atoms with van der Waals surface area (Å²) in [5, 5.41) is 0. The Bertz CT molecular complexity index is 275. The maximum atomic E-state index is 11.7. The molecule has 2 atom stereocenters. The van der Waals surface area contributed by atoms with Crippen molar-refractivity contribution in [3.8, 4) is 0 Å². The van der Waals surface area contributed by atoms with Crippen LogP contribution in [-0.4, -0.2) is 36.9 Å². The molecule has 0 aromatic rings. The van der Waals surface area contributed by atoms with Gasteiger partial charge in [0, 0.05) is 0 Å². The molecule has 0 radical (unpaired) electrons. The zero-order chi connectivity index (χ0) is 10.2. The van der Waals surface area contributed by atoms with Crippen molar-refractivity contribution in [3.05, 3.63) is 0 Å². The van der Waals surface area contributed by atoms with Gasteiger partial charge < -0.3 is 0 Å². The van der Waals surface area contributed by atoms with Crippen LogP contribution < -0.4 is 21.2 Å². The first-order valence-electron chi connectivity index (χ1n) is 4.19. The number of halogens is 2. The van der Waals surface area contributed by atoms with Crippen LogP contribution in [0.2, 0.25) is 0 Å². The van der Waals surface area contributed by atoms with Crippen molar-refractivity contribution in [3.63, 3.8) is 0 Å². The number of alkyl halides is 3. The van der Waals surface area contributed by atoms with Gasteiger partial charge in [0.2, 0.25) is 0 Å². The Morgan fingerprint density at radius 2 is 2.50 bits per heavy atom. The Kier molecular flexibility index (Phi) is 3.20. The Morgan fingerprint density at radius 3 is 2.93 bits per heavy atom. The summed E-state index contributed by atoms with van der Waals surface area (Å²) in [4.78, 5) is 22.4. The first kappa shape index (κ1) is 10.9. The van der Waals surface area contributed by atoms with Crippen LogP contribution in [0.3, 0.4) is 0 Å². The van der Waals surface area contributed by atoms with Crippen LogP contribution in [-0.2, 0) is 19.1 Å². The van der Waals surface area contributed by atoms with Gasteiger partial charge in [0.25, 0.3) is 0 Å². The summed E-state index contributed by atoms with van der Waals surface area (Å²) in [5.74, 6) is -0.375. The molecule has 0 aromatic heterocycles. The number of ether oxygens (including phenoxy) is 2. The first-order chi connectivity index (χ1) is 6.66. The van der Waals surface area contributed by atoms with Gasteiger partial charge in [-0.05, 0) is 0 Å². The average Bonchev–Trinajstić information content (AvgIpc) is 2.87. The van der Waals surface area contributed by atoms with Crippen LogP contribution in [0.15, 0.2) is 0 Å². The van der Waals surface area contributed by atoms with Crippen LogP contribution in [0, 0.1) is 0 Å². The molecular weight excluding hydrogens is 414 g/mol. The van der Waals surface area contributed by atoms with E-state index in [1.54, 1.807) is 0 Å². The van der Waals surface area contributed by atoms with Crippen LogP contribution in [0.5, 0.6) is 0 Å². The van der Waals surface area contributed by atoms with E-state index >= 15 is 0 Å². The standard InChI is InChI=1S/C8H9I2O4/c9-3-8(4-10-8)7(12)14-5-1-6(11)13-2-5/h5H,1-4H2/q-1. The second-order valence-electron chi connectivity index (χ2n) is 3.28. The van der Waals surface area contributed by atoms with E-state index in [-0.39, 0.29) is 55.7 Å². The first-order valence-corrected chi connectivity index (χ1v) is 8.32. The second kappa shape index (κ2) is 4.11. The Hall–Kier alpha value is 0.400. The number of hydrogen-bond donors (Lipinski definition) is 0. The molecule has 80 valence electrons. The SMILES string of the molecule is O=C1CC(OC(=O)C2(CI)C[I-]2)CO1. The van der Waals surface area contributed by atoms with E-state index < -0.39 is 0 Å². The van der Waals surface area contributed by atoms with Gasteiger partial charge in [0.1, 0.15) is 0 Å². The number of rotatable bonds is 3. The van der Waals surface area contributed by atoms with Gasteiger partial charge in [-0.25, -0.2) is 0 Å². The molecule has 0 spiro atoms. The molecule has 2 heterocycles. The molecule has 14 heavy (non-hydrogen) atoms. The zero-order valence-corrected chi connectivity index (χ0v) is 11.6. The number of hydrogen-bond acceptors (Lipinski definition) is 4. The molecule has 0 aromatic carbocycles. The van der Waals surface area contributed by atoms with Crippen molar-refractivity contribution in [1.82, 2.24) is 0 Å². The van der Waals surface area contributed by atoms with Crippen molar-refractivity contribution >= 4 is 34.5 Å². The summed E-state index contributed by atoms with van der Waals surface area (Å²) in [7, 11) is 0. The molecule has 6 heteroatoms. The fraction of sp³-hybridized carbons (Fsp3) is 0.750. The predicted octanol–water partition coefficient (Wildman–Crippen LogP) is -2.88. The molecule has 4 nitrogen and oxygen atoms in total. The molecule has 0 N–H and O–H groups in total. The topological polar surface area (TPSA) is 52.6 Å². The fourth-order valence-corrected chi connectivity index (χ4v) is 5.80. The third-order valence-corrected chi connectivity index (χ3v) is 8.32. The third kappa shape index (κ3) is 2.15. The fourth-order valence-electron chi connectivity index (χ4n) is 1.14. The molecule has 0 amide bonds. The normalized spacial score (nSPS) is 35.8. The van der Waals surface area contributed by atoms with Gasteiger partial charge in [-0.3, -0.25) is 0 Å². The third-order valence-electron chi connectivity index (χ3n) is 2.13. The molecule has 2 unspecified atom stereocenters. The predicted molar refractivity (Wildman–Crippen MR) is 51.9 cm³/mol. The number of carbonyl (C=O) groups excluding carboxylic acids is 2. The number of esters is 2. The Morgan fingerprint density at radius 1 is 1.79 bits per heavy atom. The summed E-state index contributed by atoms with van der Waals surface area (Å²) in [6.07, 6.45) is -0.110. The van der Waals surface area contributed by atoms with Crippen molar-refractivity contribution < 1.29 is 40.3 Å². The van der Waals surface area contributed by atoms with Gasteiger partial charge in [0.05, 0.1) is 0 Å². The average molecular weight is 423 g/mol. The number of carbonyl (C=O) groups is 2. The molecule has 2 aliphatic heterocycles. The van der Waals surface area contributed by atoms with E-state index in [9.17, 15) is 9.59 Å². The van der Waals surface area contributed by atoms with Crippen molar-refractivity contribution in [1.29, 1.82) is 0 Å². The van der Waals surface area contributed by atoms with Gasteiger partial charge in [-0.15, -0.1) is 0 Å². The van der Waals surface area contributed by atoms with Crippen LogP contribution in [0.25, 0.3) is 0 Å². The van der Waals surface area contributed by atoms with Crippen LogP contribution in [0.4, 0.5) is 0 Å². The van der Waals surface area contributed by atoms with Gasteiger partial charge in [-0.2, -0.15) is 0 Å². The van der Waals surface area contributed by atoms with Crippen molar-refractivity contribution in [2.45, 2.75) is 15.9 Å². The molecule has 2 rings (SSSR count). The van der Waals surface area contributed by atoms with Gasteiger partial charge >= 0.3 is 106 Å². The maximum absolute atomic E-state index is 11.7. The van der Waals surface area contributed by atoms with Crippen LogP contribution in [0.1, 0.15) is 6.42 Å². The van der Waals surface area contributed by atoms with Crippen LogP contribution >= 0.6 is 22.6 Å². The van der Waals surface area contributed by atoms with E-state index in [1.165, 1.54) is 0 Å². The minimum atomic E-state index is -0.334. The molecular formula is C8H9I2O4-. The Labute approximate surface area is 105 Å². The quantitative estimate of drug-likeness (QED) is 0.278. The summed E-state index contributed by atoms with van der Waals surface area (Å²) in [6, 6.07) is 0. The monoisotopic (exact) mass is 423 g/mol. The molecule has 0 bridgehead atoms. The summed E-state index contributed by atoms with van der Waals surface area (Å²) in [5.41, 5.74) is 0. The molecule has 2 fully saturated rings. The van der Waals surface area contributed by atoms with Gasteiger partial charge in [-0.1, -0.05) is 0 Å². The van der Waals surface area contributed by atoms with E-state index in [4.69, 9.17) is 9.47 Å². The Balaban J connectivity index is 1.86.